The van der Waals surface area contributed by atoms with E-state index in [9.17, 15) is 13.6 Å². The van der Waals surface area contributed by atoms with Gasteiger partial charge in [-0.2, -0.15) is 0 Å². The molecule has 136 valence electrons. The quantitative estimate of drug-likeness (QED) is 0.821. The molecular formula is C18H23F2N3OS. The van der Waals surface area contributed by atoms with Gasteiger partial charge in [0.05, 0.1) is 11.7 Å². The van der Waals surface area contributed by atoms with E-state index >= 15 is 0 Å². The molecule has 2 aliphatic rings. The number of aliphatic imine (C=N–C) groups is 1. The Balaban J connectivity index is 1.65. The third-order valence-corrected chi connectivity index (χ3v) is 5.88. The van der Waals surface area contributed by atoms with E-state index in [0.29, 0.717) is 11.8 Å². The first kappa shape index (κ1) is 18.2. The number of hydrogen-bond acceptors (Lipinski definition) is 3. The summed E-state index contributed by atoms with van der Waals surface area (Å²) >= 11 is 1.55. The molecule has 1 heterocycles. The lowest BCUT2D eigenvalue weighted by Crippen LogP contribution is -2.40. The molecule has 4 nitrogen and oxygen atoms in total. The number of nitrogens with zero attached hydrogens (tertiary/aromatic N) is 2. The van der Waals surface area contributed by atoms with Crippen LogP contribution in [0.15, 0.2) is 23.2 Å². The topological polar surface area (TPSA) is 44.7 Å². The van der Waals surface area contributed by atoms with Crippen molar-refractivity contribution in [3.8, 4) is 0 Å². The molecule has 0 spiro atoms. The van der Waals surface area contributed by atoms with E-state index in [1.165, 1.54) is 25.7 Å². The summed E-state index contributed by atoms with van der Waals surface area (Å²) < 4.78 is 27.0. The van der Waals surface area contributed by atoms with Crippen molar-refractivity contribution in [1.82, 2.24) is 4.90 Å². The van der Waals surface area contributed by atoms with Crippen LogP contribution in [-0.2, 0) is 4.79 Å². The summed E-state index contributed by atoms with van der Waals surface area (Å²) in [6, 6.07) is 2.93. The highest BCUT2D eigenvalue weighted by atomic mass is 32.2. The highest BCUT2D eigenvalue weighted by molar-refractivity contribution is 8.14. The molecule has 1 atom stereocenters. The first-order valence-electron chi connectivity index (χ1n) is 8.74. The van der Waals surface area contributed by atoms with Crippen molar-refractivity contribution in [3.05, 3.63) is 29.8 Å². The Hall–Kier alpha value is -1.63. The van der Waals surface area contributed by atoms with Crippen molar-refractivity contribution < 1.29 is 13.6 Å². The number of amidine groups is 1. The second-order valence-corrected chi connectivity index (χ2v) is 7.60. The normalized spacial score (nSPS) is 23.7. The summed E-state index contributed by atoms with van der Waals surface area (Å²) in [4.78, 5) is 19.2. The summed E-state index contributed by atoms with van der Waals surface area (Å²) in [5, 5.41) is 3.36. The molecule has 1 saturated heterocycles. The number of halogens is 2. The van der Waals surface area contributed by atoms with Crippen molar-refractivity contribution in [2.75, 3.05) is 18.1 Å². The Kier molecular flexibility index (Phi) is 5.93. The van der Waals surface area contributed by atoms with Crippen LogP contribution in [0.2, 0.25) is 0 Å². The third-order valence-electron chi connectivity index (χ3n) is 4.75. The number of amides is 1. The molecule has 0 aromatic heterocycles. The average molecular weight is 367 g/mol. The summed E-state index contributed by atoms with van der Waals surface area (Å²) in [6.45, 7) is 0. The Morgan fingerprint density at radius 3 is 2.68 bits per heavy atom. The zero-order valence-corrected chi connectivity index (χ0v) is 15.1. The van der Waals surface area contributed by atoms with E-state index in [1.54, 1.807) is 11.8 Å². The Bertz CT molecular complexity index is 660. The Labute approximate surface area is 151 Å². The second kappa shape index (κ2) is 8.17. The molecule has 1 aromatic carbocycles. The van der Waals surface area contributed by atoms with Crippen LogP contribution < -0.4 is 5.32 Å². The maximum Gasteiger partial charge on any atom is 0.248 e. The minimum absolute atomic E-state index is 0.127. The largest absolute Gasteiger partial charge is 0.342 e. The standard InChI is InChI=1S/C18H23F2N3OS/c1-23-16(17(24)22-15-10-12(19)8-9-14(15)20)11-25-18(23)21-13-6-4-2-3-5-7-13/h8-10,13,16H,2-7,11H2,1H3,(H,22,24). The van der Waals surface area contributed by atoms with E-state index in [-0.39, 0.29) is 11.6 Å². The summed E-state index contributed by atoms with van der Waals surface area (Å²) in [6.07, 6.45) is 7.16. The Morgan fingerprint density at radius 1 is 1.24 bits per heavy atom. The van der Waals surface area contributed by atoms with Crippen molar-refractivity contribution in [1.29, 1.82) is 0 Å². The average Bonchev–Trinajstić information content (AvgIpc) is 2.78. The van der Waals surface area contributed by atoms with Gasteiger partial charge in [0.2, 0.25) is 5.91 Å². The number of benzene rings is 1. The van der Waals surface area contributed by atoms with Crippen LogP contribution in [0.4, 0.5) is 14.5 Å². The lowest BCUT2D eigenvalue weighted by molar-refractivity contribution is -0.118. The molecular weight excluding hydrogens is 344 g/mol. The minimum Gasteiger partial charge on any atom is -0.342 e. The molecule has 0 radical (unpaired) electrons. The van der Waals surface area contributed by atoms with E-state index in [0.717, 1.165) is 36.2 Å². The molecule has 3 rings (SSSR count). The van der Waals surface area contributed by atoms with Crippen LogP contribution in [0.1, 0.15) is 38.5 Å². The van der Waals surface area contributed by atoms with Gasteiger partial charge in [0.15, 0.2) is 5.17 Å². The van der Waals surface area contributed by atoms with Gasteiger partial charge in [-0.05, 0) is 25.0 Å². The summed E-state index contributed by atoms with van der Waals surface area (Å²) in [5.41, 5.74) is -0.127. The van der Waals surface area contributed by atoms with Gasteiger partial charge in [-0.3, -0.25) is 9.79 Å². The molecule has 0 bridgehead atoms. The minimum atomic E-state index is -0.643. The summed E-state index contributed by atoms with van der Waals surface area (Å²) in [7, 11) is 1.84. The molecule has 1 aliphatic carbocycles. The zero-order valence-electron chi connectivity index (χ0n) is 14.3. The fraction of sp³-hybridized carbons (Fsp3) is 0.556. The van der Waals surface area contributed by atoms with Gasteiger partial charge in [-0.25, -0.2) is 8.78 Å². The molecule has 2 fully saturated rings. The molecule has 7 heteroatoms. The highest BCUT2D eigenvalue weighted by Gasteiger charge is 2.33. The van der Waals surface area contributed by atoms with Crippen LogP contribution >= 0.6 is 11.8 Å². The zero-order chi connectivity index (χ0) is 17.8. The van der Waals surface area contributed by atoms with Crippen LogP contribution in [0.5, 0.6) is 0 Å². The van der Waals surface area contributed by atoms with Gasteiger partial charge in [0, 0.05) is 18.9 Å². The van der Waals surface area contributed by atoms with Crippen molar-refractivity contribution >= 4 is 28.5 Å². The number of hydrogen-bond donors (Lipinski definition) is 1. The predicted octanol–water partition coefficient (Wildman–Crippen LogP) is 4.03. The van der Waals surface area contributed by atoms with Gasteiger partial charge in [0.25, 0.3) is 0 Å². The van der Waals surface area contributed by atoms with Crippen LogP contribution in [-0.4, -0.2) is 40.9 Å². The van der Waals surface area contributed by atoms with Gasteiger partial charge in [-0.1, -0.05) is 37.4 Å². The lowest BCUT2D eigenvalue weighted by Gasteiger charge is -2.21. The summed E-state index contributed by atoms with van der Waals surface area (Å²) in [5.74, 6) is -1.01. The first-order valence-corrected chi connectivity index (χ1v) is 9.72. The smallest absolute Gasteiger partial charge is 0.248 e. The highest BCUT2D eigenvalue weighted by Crippen LogP contribution is 2.27. The van der Waals surface area contributed by atoms with Gasteiger partial charge in [-0.15, -0.1) is 0 Å². The fourth-order valence-corrected chi connectivity index (χ4v) is 4.47. The van der Waals surface area contributed by atoms with Crippen molar-refractivity contribution in [2.24, 2.45) is 4.99 Å². The van der Waals surface area contributed by atoms with Gasteiger partial charge >= 0.3 is 0 Å². The van der Waals surface area contributed by atoms with Gasteiger partial charge in [0.1, 0.15) is 17.7 Å². The SMILES string of the molecule is CN1C(=NC2CCCCCC2)SCC1C(=O)Nc1cc(F)ccc1F. The van der Waals surface area contributed by atoms with Crippen LogP contribution in [0, 0.1) is 11.6 Å². The number of carbonyl (C=O) groups is 1. The van der Waals surface area contributed by atoms with E-state index in [1.807, 2.05) is 11.9 Å². The number of carbonyl (C=O) groups excluding carboxylic acids is 1. The van der Waals surface area contributed by atoms with E-state index < -0.39 is 17.7 Å². The second-order valence-electron chi connectivity index (χ2n) is 6.61. The predicted molar refractivity (Wildman–Crippen MR) is 97.9 cm³/mol. The molecule has 1 amide bonds. The number of rotatable bonds is 3. The lowest BCUT2D eigenvalue weighted by atomic mass is 10.1. The number of nitrogens with one attached hydrogen (secondary N) is 1. The van der Waals surface area contributed by atoms with Crippen molar-refractivity contribution in [2.45, 2.75) is 50.6 Å². The molecule has 1 saturated carbocycles. The first-order chi connectivity index (χ1) is 12.0. The van der Waals surface area contributed by atoms with E-state index in [4.69, 9.17) is 4.99 Å². The fourth-order valence-electron chi connectivity index (χ4n) is 3.23. The maximum absolute atomic E-state index is 13.7. The maximum atomic E-state index is 13.7. The Morgan fingerprint density at radius 2 is 1.96 bits per heavy atom. The molecule has 1 unspecified atom stereocenters. The van der Waals surface area contributed by atoms with E-state index in [2.05, 4.69) is 5.32 Å². The molecule has 1 aliphatic heterocycles. The van der Waals surface area contributed by atoms with Gasteiger partial charge < -0.3 is 10.2 Å². The van der Waals surface area contributed by atoms with Crippen LogP contribution in [0.25, 0.3) is 0 Å². The third kappa shape index (κ3) is 4.51. The van der Waals surface area contributed by atoms with Crippen molar-refractivity contribution in [3.63, 3.8) is 0 Å². The monoisotopic (exact) mass is 367 g/mol. The van der Waals surface area contributed by atoms with Crippen LogP contribution in [0.3, 0.4) is 0 Å². The molecule has 1 aromatic rings. The molecule has 1 N–H and O–H groups in total. The molecule has 25 heavy (non-hydrogen) atoms. The number of thioether (sulfide) groups is 1. The number of likely N-dealkylation sites (N-methyl/N-ethyl adjacent to an activating group) is 1. The number of anilines is 1.